The van der Waals surface area contributed by atoms with E-state index in [4.69, 9.17) is 0 Å². The van der Waals surface area contributed by atoms with E-state index in [2.05, 4.69) is 40.0 Å². The molecule has 0 amide bonds. The van der Waals surface area contributed by atoms with Gasteiger partial charge in [-0.05, 0) is 20.5 Å². The van der Waals surface area contributed by atoms with Crippen molar-refractivity contribution in [2.45, 2.75) is 26.2 Å². The Labute approximate surface area is 84.1 Å². The summed E-state index contributed by atoms with van der Waals surface area (Å²) < 4.78 is 1.18. The highest BCUT2D eigenvalue weighted by Crippen LogP contribution is 2.03. The predicted molar refractivity (Wildman–Crippen MR) is 59.9 cm³/mol. The molecule has 0 unspecified atom stereocenters. The van der Waals surface area contributed by atoms with Gasteiger partial charge < -0.3 is 9.38 Å². The van der Waals surface area contributed by atoms with Crippen LogP contribution in [0.4, 0.5) is 0 Å². The molecule has 0 aliphatic carbocycles. The number of unbranched alkanes of at least 4 members (excludes halogenated alkanes) is 1. The van der Waals surface area contributed by atoms with Gasteiger partial charge in [-0.1, -0.05) is 13.3 Å². The van der Waals surface area contributed by atoms with E-state index in [1.54, 1.807) is 0 Å². The van der Waals surface area contributed by atoms with Gasteiger partial charge in [-0.15, -0.1) is 0 Å². The van der Waals surface area contributed by atoms with E-state index >= 15 is 0 Å². The molecule has 0 N–H and O–H groups in total. The monoisotopic (exact) mass is 187 g/mol. The highest BCUT2D eigenvalue weighted by molar-refractivity contribution is 4.44. The predicted octanol–water partition coefficient (Wildman–Crippen LogP) is 1.81. The van der Waals surface area contributed by atoms with Crippen molar-refractivity contribution >= 4 is 0 Å². The van der Waals surface area contributed by atoms with Crippen LogP contribution in [0.1, 0.15) is 26.2 Å². The van der Waals surface area contributed by atoms with Crippen LogP contribution in [0.2, 0.25) is 0 Å². The number of nitrogens with zero attached hydrogens (tertiary/aromatic N) is 2. The van der Waals surface area contributed by atoms with Crippen molar-refractivity contribution in [2.75, 3.05) is 47.8 Å². The van der Waals surface area contributed by atoms with E-state index in [1.165, 1.54) is 43.4 Å². The van der Waals surface area contributed by atoms with Crippen LogP contribution in [0.15, 0.2) is 0 Å². The molecule has 0 heterocycles. The van der Waals surface area contributed by atoms with Crippen molar-refractivity contribution in [3.8, 4) is 0 Å². The van der Waals surface area contributed by atoms with Gasteiger partial charge in [0.15, 0.2) is 0 Å². The first-order chi connectivity index (χ1) is 5.98. The van der Waals surface area contributed by atoms with Gasteiger partial charge in [0.2, 0.25) is 0 Å². The maximum atomic E-state index is 2.34. The first kappa shape index (κ1) is 12.9. The molecule has 2 nitrogen and oxygen atoms in total. The summed E-state index contributed by atoms with van der Waals surface area (Å²) in [6.07, 6.45) is 3.98. The second-order valence-electron chi connectivity index (χ2n) is 4.89. The molecule has 0 saturated carbocycles. The minimum Gasteiger partial charge on any atom is -0.328 e. The molecular weight excluding hydrogens is 160 g/mol. The highest BCUT2D eigenvalue weighted by Gasteiger charge is 2.12. The zero-order valence-corrected chi connectivity index (χ0v) is 10.1. The SMILES string of the molecule is CCCC[N+](C)(C)CCCN(C)C. The van der Waals surface area contributed by atoms with E-state index in [0.29, 0.717) is 0 Å². The maximum absolute atomic E-state index is 2.34. The minimum absolute atomic E-state index is 1.18. The summed E-state index contributed by atoms with van der Waals surface area (Å²) in [7, 11) is 8.97. The molecule has 0 saturated heterocycles. The van der Waals surface area contributed by atoms with Crippen LogP contribution in [-0.4, -0.2) is 57.2 Å². The Hall–Kier alpha value is -0.0800. The summed E-state index contributed by atoms with van der Waals surface area (Å²) in [6.45, 7) is 6.11. The van der Waals surface area contributed by atoms with Crippen molar-refractivity contribution in [1.82, 2.24) is 4.90 Å². The summed E-state index contributed by atoms with van der Waals surface area (Å²) in [5.74, 6) is 0. The molecule has 0 spiro atoms. The molecule has 0 aliphatic heterocycles. The van der Waals surface area contributed by atoms with Gasteiger partial charge in [0.1, 0.15) is 0 Å². The number of hydrogen-bond donors (Lipinski definition) is 0. The molecule has 13 heavy (non-hydrogen) atoms. The fourth-order valence-corrected chi connectivity index (χ4v) is 1.51. The van der Waals surface area contributed by atoms with Gasteiger partial charge in [0.05, 0.1) is 27.2 Å². The average molecular weight is 187 g/mol. The van der Waals surface area contributed by atoms with Crippen LogP contribution in [0.3, 0.4) is 0 Å². The third-order valence-corrected chi connectivity index (χ3v) is 2.49. The second kappa shape index (κ2) is 6.39. The Balaban J connectivity index is 3.50. The fourth-order valence-electron chi connectivity index (χ4n) is 1.51. The van der Waals surface area contributed by atoms with Crippen molar-refractivity contribution in [2.24, 2.45) is 0 Å². The number of quaternary nitrogens is 1. The molecule has 80 valence electrons. The van der Waals surface area contributed by atoms with E-state index < -0.39 is 0 Å². The van der Waals surface area contributed by atoms with Crippen LogP contribution in [0.25, 0.3) is 0 Å². The summed E-state index contributed by atoms with van der Waals surface area (Å²) in [5, 5.41) is 0. The molecular formula is C11H27N2+. The van der Waals surface area contributed by atoms with Crippen molar-refractivity contribution in [3.63, 3.8) is 0 Å². The van der Waals surface area contributed by atoms with Crippen LogP contribution in [-0.2, 0) is 0 Å². The molecule has 0 aliphatic rings. The van der Waals surface area contributed by atoms with Gasteiger partial charge in [0.25, 0.3) is 0 Å². The van der Waals surface area contributed by atoms with Crippen LogP contribution in [0.5, 0.6) is 0 Å². The largest absolute Gasteiger partial charge is 0.328 e. The lowest BCUT2D eigenvalue weighted by Crippen LogP contribution is -2.42. The summed E-state index contributed by atoms with van der Waals surface area (Å²) >= 11 is 0. The lowest BCUT2D eigenvalue weighted by molar-refractivity contribution is -0.890. The van der Waals surface area contributed by atoms with Gasteiger partial charge in [-0.25, -0.2) is 0 Å². The van der Waals surface area contributed by atoms with E-state index in [1.807, 2.05) is 0 Å². The van der Waals surface area contributed by atoms with Crippen molar-refractivity contribution < 1.29 is 4.48 Å². The van der Waals surface area contributed by atoms with Crippen molar-refractivity contribution in [3.05, 3.63) is 0 Å². The van der Waals surface area contributed by atoms with Gasteiger partial charge >= 0.3 is 0 Å². The zero-order chi connectivity index (χ0) is 10.3. The first-order valence-electron chi connectivity index (χ1n) is 5.44. The first-order valence-corrected chi connectivity index (χ1v) is 5.44. The number of hydrogen-bond acceptors (Lipinski definition) is 1. The summed E-state index contributed by atoms with van der Waals surface area (Å²) in [6, 6.07) is 0. The quantitative estimate of drug-likeness (QED) is 0.550. The maximum Gasteiger partial charge on any atom is 0.0794 e. The van der Waals surface area contributed by atoms with E-state index in [9.17, 15) is 0 Å². The van der Waals surface area contributed by atoms with Gasteiger partial charge in [0, 0.05) is 13.0 Å². The Morgan fingerprint density at radius 1 is 1.00 bits per heavy atom. The molecule has 0 aromatic rings. The topological polar surface area (TPSA) is 3.24 Å². The van der Waals surface area contributed by atoms with Crippen LogP contribution < -0.4 is 0 Å². The lowest BCUT2D eigenvalue weighted by atomic mass is 10.2. The molecule has 0 bridgehead atoms. The average Bonchev–Trinajstić information content (AvgIpc) is 2.00. The summed E-state index contributed by atoms with van der Waals surface area (Å²) in [4.78, 5) is 2.26. The number of rotatable bonds is 7. The standard InChI is InChI=1S/C11H27N2/c1-6-7-10-13(4,5)11-8-9-12(2)3/h6-11H2,1-5H3/q+1. The third kappa shape index (κ3) is 8.26. The Morgan fingerprint density at radius 2 is 1.54 bits per heavy atom. The van der Waals surface area contributed by atoms with Crippen molar-refractivity contribution in [1.29, 1.82) is 0 Å². The molecule has 2 heteroatoms. The minimum atomic E-state index is 1.18. The van der Waals surface area contributed by atoms with Gasteiger partial charge in [-0.3, -0.25) is 0 Å². The Kier molecular flexibility index (Phi) is 6.35. The zero-order valence-electron chi connectivity index (χ0n) is 10.1. The second-order valence-corrected chi connectivity index (χ2v) is 4.89. The third-order valence-electron chi connectivity index (χ3n) is 2.49. The molecule has 0 rings (SSSR count). The Morgan fingerprint density at radius 3 is 2.00 bits per heavy atom. The molecule has 0 atom stereocenters. The molecule has 0 fully saturated rings. The van der Waals surface area contributed by atoms with Crippen LogP contribution in [0, 0.1) is 0 Å². The molecule has 0 radical (unpaired) electrons. The Bertz CT molecular complexity index is 119. The molecule has 0 aromatic carbocycles. The highest BCUT2D eigenvalue weighted by atomic mass is 15.3. The molecule has 0 aromatic heterocycles. The lowest BCUT2D eigenvalue weighted by Gasteiger charge is -2.30. The van der Waals surface area contributed by atoms with Crippen LogP contribution >= 0.6 is 0 Å². The fraction of sp³-hybridized carbons (Fsp3) is 1.00. The van der Waals surface area contributed by atoms with Gasteiger partial charge in [-0.2, -0.15) is 0 Å². The normalized spacial score (nSPS) is 12.5. The smallest absolute Gasteiger partial charge is 0.0794 e. The van der Waals surface area contributed by atoms with E-state index in [0.717, 1.165) is 0 Å². The van der Waals surface area contributed by atoms with E-state index in [-0.39, 0.29) is 0 Å². The summed E-state index contributed by atoms with van der Waals surface area (Å²) in [5.41, 5.74) is 0.